The van der Waals surface area contributed by atoms with Gasteiger partial charge < -0.3 is 0 Å². The second kappa shape index (κ2) is 4.84. The van der Waals surface area contributed by atoms with Gasteiger partial charge in [-0.25, -0.2) is 0 Å². The van der Waals surface area contributed by atoms with E-state index in [2.05, 4.69) is 72.2 Å². The molecular formula is C15H15Br. The molecule has 0 aliphatic heterocycles. The highest BCUT2D eigenvalue weighted by atomic mass is 79.9. The fourth-order valence-corrected chi connectivity index (χ4v) is 2.54. The van der Waals surface area contributed by atoms with Crippen molar-refractivity contribution in [2.24, 2.45) is 0 Å². The minimum absolute atomic E-state index is 0.899. The molecule has 0 aliphatic carbocycles. The van der Waals surface area contributed by atoms with Crippen LogP contribution in [0.5, 0.6) is 0 Å². The SMILES string of the molecule is Cc1cc(C)cc(-c2ccccc2CBr)c1. The minimum Gasteiger partial charge on any atom is -0.0876 e. The lowest BCUT2D eigenvalue weighted by Gasteiger charge is -2.09. The first kappa shape index (κ1) is 11.4. The summed E-state index contributed by atoms with van der Waals surface area (Å²) in [5.41, 5.74) is 6.62. The molecule has 0 bridgehead atoms. The van der Waals surface area contributed by atoms with Gasteiger partial charge >= 0.3 is 0 Å². The molecule has 0 heterocycles. The van der Waals surface area contributed by atoms with E-state index >= 15 is 0 Å². The van der Waals surface area contributed by atoms with Crippen molar-refractivity contribution in [2.75, 3.05) is 0 Å². The molecule has 0 saturated carbocycles. The van der Waals surface area contributed by atoms with Crippen molar-refractivity contribution in [1.29, 1.82) is 0 Å². The van der Waals surface area contributed by atoms with E-state index in [4.69, 9.17) is 0 Å². The van der Waals surface area contributed by atoms with Crippen molar-refractivity contribution in [1.82, 2.24) is 0 Å². The van der Waals surface area contributed by atoms with Crippen LogP contribution in [0.3, 0.4) is 0 Å². The Bertz CT molecular complexity index is 480. The van der Waals surface area contributed by atoms with E-state index in [1.54, 1.807) is 0 Å². The topological polar surface area (TPSA) is 0 Å². The number of hydrogen-bond donors (Lipinski definition) is 0. The smallest absolute Gasteiger partial charge is 0.0289 e. The Morgan fingerprint density at radius 3 is 2.19 bits per heavy atom. The van der Waals surface area contributed by atoms with Crippen LogP contribution in [0.1, 0.15) is 16.7 Å². The number of benzene rings is 2. The van der Waals surface area contributed by atoms with Gasteiger partial charge in [0.1, 0.15) is 0 Å². The van der Waals surface area contributed by atoms with Gasteiger partial charge in [-0.15, -0.1) is 0 Å². The second-order valence-electron chi connectivity index (χ2n) is 4.17. The van der Waals surface area contributed by atoms with Gasteiger partial charge in [0.2, 0.25) is 0 Å². The summed E-state index contributed by atoms with van der Waals surface area (Å²) in [4.78, 5) is 0. The summed E-state index contributed by atoms with van der Waals surface area (Å²) in [6.45, 7) is 4.29. The van der Waals surface area contributed by atoms with Crippen molar-refractivity contribution in [3.05, 3.63) is 59.2 Å². The molecule has 0 fully saturated rings. The maximum atomic E-state index is 3.54. The van der Waals surface area contributed by atoms with Crippen molar-refractivity contribution in [3.63, 3.8) is 0 Å². The van der Waals surface area contributed by atoms with Crippen LogP contribution in [0.2, 0.25) is 0 Å². The molecule has 0 unspecified atom stereocenters. The average molecular weight is 275 g/mol. The van der Waals surface area contributed by atoms with Gasteiger partial charge in [0.05, 0.1) is 0 Å². The third kappa shape index (κ3) is 2.35. The van der Waals surface area contributed by atoms with Gasteiger partial charge in [-0.3, -0.25) is 0 Å². The number of aryl methyl sites for hydroxylation is 2. The summed E-state index contributed by atoms with van der Waals surface area (Å²) < 4.78 is 0. The summed E-state index contributed by atoms with van der Waals surface area (Å²) in [6.07, 6.45) is 0. The lowest BCUT2D eigenvalue weighted by molar-refractivity contribution is 1.36. The Kier molecular flexibility index (Phi) is 3.45. The zero-order valence-electron chi connectivity index (χ0n) is 9.63. The lowest BCUT2D eigenvalue weighted by atomic mass is 9.97. The Hall–Kier alpha value is -1.08. The fourth-order valence-electron chi connectivity index (χ4n) is 2.05. The number of halogens is 1. The van der Waals surface area contributed by atoms with E-state index in [0.717, 1.165) is 5.33 Å². The molecule has 0 radical (unpaired) electrons. The van der Waals surface area contributed by atoms with E-state index in [1.165, 1.54) is 27.8 Å². The first-order valence-electron chi connectivity index (χ1n) is 5.43. The summed E-state index contributed by atoms with van der Waals surface area (Å²) in [6, 6.07) is 15.2. The molecule has 2 aromatic rings. The molecule has 0 spiro atoms. The highest BCUT2D eigenvalue weighted by molar-refractivity contribution is 9.08. The Labute approximate surface area is 105 Å². The Balaban J connectivity index is 2.58. The van der Waals surface area contributed by atoms with Crippen LogP contribution >= 0.6 is 15.9 Å². The third-order valence-corrected chi connectivity index (χ3v) is 3.30. The molecule has 82 valence electrons. The first-order chi connectivity index (χ1) is 7.70. The predicted molar refractivity (Wildman–Crippen MR) is 74.0 cm³/mol. The van der Waals surface area contributed by atoms with Crippen molar-refractivity contribution in [3.8, 4) is 11.1 Å². The Morgan fingerprint density at radius 1 is 0.938 bits per heavy atom. The predicted octanol–water partition coefficient (Wildman–Crippen LogP) is 4.87. The van der Waals surface area contributed by atoms with Gasteiger partial charge in [0, 0.05) is 5.33 Å². The zero-order valence-corrected chi connectivity index (χ0v) is 11.2. The lowest BCUT2D eigenvalue weighted by Crippen LogP contribution is -1.87. The van der Waals surface area contributed by atoms with Crippen molar-refractivity contribution >= 4 is 15.9 Å². The summed E-state index contributed by atoms with van der Waals surface area (Å²) in [5.74, 6) is 0. The molecule has 2 rings (SSSR count). The molecule has 0 saturated heterocycles. The first-order valence-corrected chi connectivity index (χ1v) is 6.55. The second-order valence-corrected chi connectivity index (χ2v) is 4.73. The quantitative estimate of drug-likeness (QED) is 0.686. The van der Waals surface area contributed by atoms with Gasteiger partial charge in [-0.1, -0.05) is 69.5 Å². The van der Waals surface area contributed by atoms with E-state index in [0.29, 0.717) is 0 Å². The van der Waals surface area contributed by atoms with Gasteiger partial charge in [0.15, 0.2) is 0 Å². The highest BCUT2D eigenvalue weighted by Crippen LogP contribution is 2.27. The molecule has 1 heteroatoms. The highest BCUT2D eigenvalue weighted by Gasteiger charge is 2.04. The van der Waals surface area contributed by atoms with Gasteiger partial charge in [-0.05, 0) is 30.5 Å². The maximum absolute atomic E-state index is 3.54. The van der Waals surface area contributed by atoms with Crippen LogP contribution in [-0.2, 0) is 5.33 Å². The van der Waals surface area contributed by atoms with Crippen molar-refractivity contribution < 1.29 is 0 Å². The summed E-state index contributed by atoms with van der Waals surface area (Å²) >= 11 is 3.54. The van der Waals surface area contributed by atoms with Crippen LogP contribution in [-0.4, -0.2) is 0 Å². The fraction of sp³-hybridized carbons (Fsp3) is 0.200. The molecule has 0 aliphatic rings. The summed E-state index contributed by atoms with van der Waals surface area (Å²) in [5, 5.41) is 0.899. The molecule has 0 atom stereocenters. The zero-order chi connectivity index (χ0) is 11.5. The summed E-state index contributed by atoms with van der Waals surface area (Å²) in [7, 11) is 0. The maximum Gasteiger partial charge on any atom is 0.0289 e. The molecule has 0 aromatic heterocycles. The van der Waals surface area contributed by atoms with Crippen molar-refractivity contribution in [2.45, 2.75) is 19.2 Å². The molecule has 16 heavy (non-hydrogen) atoms. The number of alkyl halides is 1. The van der Waals surface area contributed by atoms with Crippen LogP contribution in [0.25, 0.3) is 11.1 Å². The van der Waals surface area contributed by atoms with Crippen LogP contribution in [0.15, 0.2) is 42.5 Å². The molecule has 2 aromatic carbocycles. The van der Waals surface area contributed by atoms with Gasteiger partial charge in [0.25, 0.3) is 0 Å². The van der Waals surface area contributed by atoms with E-state index in [9.17, 15) is 0 Å². The monoisotopic (exact) mass is 274 g/mol. The molecule has 0 nitrogen and oxygen atoms in total. The minimum atomic E-state index is 0.899. The van der Waals surface area contributed by atoms with E-state index in [1.807, 2.05) is 0 Å². The largest absolute Gasteiger partial charge is 0.0876 e. The van der Waals surface area contributed by atoms with Crippen LogP contribution in [0, 0.1) is 13.8 Å². The molecule has 0 amide bonds. The number of rotatable bonds is 2. The molecular weight excluding hydrogens is 260 g/mol. The number of hydrogen-bond acceptors (Lipinski definition) is 0. The third-order valence-electron chi connectivity index (χ3n) is 2.69. The van der Waals surface area contributed by atoms with E-state index < -0.39 is 0 Å². The standard InChI is InChI=1S/C15H15Br/c1-11-7-12(2)9-14(8-11)15-6-4-3-5-13(15)10-16/h3-9H,10H2,1-2H3. The van der Waals surface area contributed by atoms with Crippen LogP contribution in [0.4, 0.5) is 0 Å². The average Bonchev–Trinajstić information content (AvgIpc) is 2.27. The molecule has 0 N–H and O–H groups in total. The van der Waals surface area contributed by atoms with Crippen LogP contribution < -0.4 is 0 Å². The van der Waals surface area contributed by atoms with Gasteiger partial charge in [-0.2, -0.15) is 0 Å². The normalized spacial score (nSPS) is 10.4. The Morgan fingerprint density at radius 2 is 1.56 bits per heavy atom. The van der Waals surface area contributed by atoms with E-state index in [-0.39, 0.29) is 0 Å².